The van der Waals surface area contributed by atoms with Crippen molar-refractivity contribution in [3.8, 4) is 0 Å². The van der Waals surface area contributed by atoms with Crippen molar-refractivity contribution in [2.24, 2.45) is 0 Å². The summed E-state index contributed by atoms with van der Waals surface area (Å²) in [6.07, 6.45) is 2.20. The standard InChI is InChI=1S/C23H35N7O3/c1-16-10-11-17(21(31)27-18-12-13-19(29-28-18)30(5)6)20(26-16)24-14-8-7-9-15-25-22(32)33-23(2,3)4/h10-13H,7-9,14-15H2,1-6H3,(H,24,26)(H,25,32)(H,27,28,31). The van der Waals surface area contributed by atoms with Gasteiger partial charge in [0.2, 0.25) is 0 Å². The molecule has 0 fully saturated rings. The third kappa shape index (κ3) is 9.30. The molecule has 0 aliphatic rings. The van der Waals surface area contributed by atoms with Crippen LogP contribution in [-0.2, 0) is 4.74 Å². The van der Waals surface area contributed by atoms with Gasteiger partial charge in [-0.3, -0.25) is 4.79 Å². The van der Waals surface area contributed by atoms with Gasteiger partial charge in [-0.05, 0) is 71.2 Å². The highest BCUT2D eigenvalue weighted by Gasteiger charge is 2.16. The van der Waals surface area contributed by atoms with Crippen LogP contribution in [0.3, 0.4) is 0 Å². The lowest BCUT2D eigenvalue weighted by Gasteiger charge is -2.19. The number of aryl methyl sites for hydroxylation is 1. The minimum Gasteiger partial charge on any atom is -0.444 e. The number of aromatic nitrogens is 3. The first-order valence-corrected chi connectivity index (χ1v) is 11.1. The number of hydrogen-bond acceptors (Lipinski definition) is 8. The summed E-state index contributed by atoms with van der Waals surface area (Å²) in [6.45, 7) is 8.58. The number of anilines is 3. The molecule has 2 rings (SSSR count). The van der Waals surface area contributed by atoms with Crippen LogP contribution in [0.5, 0.6) is 0 Å². The molecule has 0 aliphatic heterocycles. The topological polar surface area (TPSA) is 121 Å². The molecule has 2 heterocycles. The summed E-state index contributed by atoms with van der Waals surface area (Å²) in [5.41, 5.74) is 0.748. The van der Waals surface area contributed by atoms with E-state index in [0.717, 1.165) is 25.0 Å². The quantitative estimate of drug-likeness (QED) is 0.463. The van der Waals surface area contributed by atoms with E-state index in [1.54, 1.807) is 24.3 Å². The van der Waals surface area contributed by atoms with E-state index in [1.807, 2.05) is 46.7 Å². The van der Waals surface area contributed by atoms with E-state index in [4.69, 9.17) is 4.74 Å². The van der Waals surface area contributed by atoms with E-state index in [-0.39, 0.29) is 5.91 Å². The van der Waals surface area contributed by atoms with Gasteiger partial charge >= 0.3 is 6.09 Å². The highest BCUT2D eigenvalue weighted by Crippen LogP contribution is 2.16. The fourth-order valence-electron chi connectivity index (χ4n) is 2.83. The largest absolute Gasteiger partial charge is 0.444 e. The number of carbonyl (C=O) groups is 2. The Morgan fingerprint density at radius 3 is 2.36 bits per heavy atom. The first-order valence-electron chi connectivity index (χ1n) is 11.1. The van der Waals surface area contributed by atoms with Crippen molar-refractivity contribution in [2.75, 3.05) is 42.7 Å². The van der Waals surface area contributed by atoms with Gasteiger partial charge in [-0.15, -0.1) is 10.2 Å². The second-order valence-corrected chi connectivity index (χ2v) is 8.89. The van der Waals surface area contributed by atoms with Gasteiger partial charge in [0.25, 0.3) is 5.91 Å². The van der Waals surface area contributed by atoms with Gasteiger partial charge in [0, 0.05) is 32.9 Å². The Kier molecular flexibility index (Phi) is 9.38. The number of carbonyl (C=O) groups excluding carboxylic acids is 2. The molecule has 0 saturated heterocycles. The van der Waals surface area contributed by atoms with Crippen LogP contribution < -0.4 is 20.9 Å². The van der Waals surface area contributed by atoms with E-state index in [1.165, 1.54) is 0 Å². The van der Waals surface area contributed by atoms with E-state index < -0.39 is 11.7 Å². The lowest BCUT2D eigenvalue weighted by molar-refractivity contribution is 0.0527. The summed E-state index contributed by atoms with van der Waals surface area (Å²) in [4.78, 5) is 30.7. The molecule has 10 nitrogen and oxygen atoms in total. The predicted octanol–water partition coefficient (Wildman–Crippen LogP) is 3.61. The van der Waals surface area contributed by atoms with Crippen molar-refractivity contribution in [1.29, 1.82) is 0 Å². The van der Waals surface area contributed by atoms with Gasteiger partial charge in [0.15, 0.2) is 11.6 Å². The lowest BCUT2D eigenvalue weighted by atomic mass is 10.2. The van der Waals surface area contributed by atoms with Crippen molar-refractivity contribution in [2.45, 2.75) is 52.6 Å². The average Bonchev–Trinajstić information content (AvgIpc) is 2.72. The zero-order valence-corrected chi connectivity index (χ0v) is 20.4. The van der Waals surface area contributed by atoms with Crippen molar-refractivity contribution in [1.82, 2.24) is 20.5 Å². The molecule has 0 aliphatic carbocycles. The molecule has 0 unspecified atom stereocenters. The molecule has 33 heavy (non-hydrogen) atoms. The second-order valence-electron chi connectivity index (χ2n) is 8.89. The molecule has 2 amide bonds. The molecular weight excluding hydrogens is 422 g/mol. The van der Waals surface area contributed by atoms with Crippen LogP contribution in [0.2, 0.25) is 0 Å². The maximum absolute atomic E-state index is 12.8. The monoisotopic (exact) mass is 457 g/mol. The molecular formula is C23H35N7O3. The van der Waals surface area contributed by atoms with Gasteiger partial charge in [0.05, 0.1) is 5.56 Å². The van der Waals surface area contributed by atoms with Crippen molar-refractivity contribution >= 4 is 29.5 Å². The third-order valence-corrected chi connectivity index (χ3v) is 4.44. The number of nitrogens with zero attached hydrogens (tertiary/aromatic N) is 4. The summed E-state index contributed by atoms with van der Waals surface area (Å²) in [5, 5.41) is 16.9. The number of nitrogens with one attached hydrogen (secondary N) is 3. The zero-order chi connectivity index (χ0) is 24.4. The Labute approximate surface area is 195 Å². The van der Waals surface area contributed by atoms with Crippen LogP contribution in [-0.4, -0.2) is 60.0 Å². The summed E-state index contributed by atoms with van der Waals surface area (Å²) < 4.78 is 5.21. The molecule has 0 saturated carbocycles. The Bertz CT molecular complexity index is 925. The number of pyridine rings is 1. The van der Waals surface area contributed by atoms with Crippen molar-refractivity contribution in [3.05, 3.63) is 35.5 Å². The minimum absolute atomic E-state index is 0.307. The van der Waals surface area contributed by atoms with E-state index >= 15 is 0 Å². The molecule has 2 aromatic rings. The van der Waals surface area contributed by atoms with Gasteiger partial charge in [-0.1, -0.05) is 0 Å². The Balaban J connectivity index is 1.82. The molecule has 180 valence electrons. The van der Waals surface area contributed by atoms with Crippen molar-refractivity contribution in [3.63, 3.8) is 0 Å². The number of amides is 2. The smallest absolute Gasteiger partial charge is 0.407 e. The zero-order valence-electron chi connectivity index (χ0n) is 20.4. The summed E-state index contributed by atoms with van der Waals surface area (Å²) in [5.74, 6) is 1.29. The third-order valence-electron chi connectivity index (χ3n) is 4.44. The number of hydrogen-bond donors (Lipinski definition) is 3. The van der Waals surface area contributed by atoms with Gasteiger partial charge < -0.3 is 25.6 Å². The summed E-state index contributed by atoms with van der Waals surface area (Å²) >= 11 is 0. The molecule has 0 aromatic carbocycles. The predicted molar refractivity (Wildman–Crippen MR) is 130 cm³/mol. The highest BCUT2D eigenvalue weighted by atomic mass is 16.6. The fourth-order valence-corrected chi connectivity index (χ4v) is 2.83. The molecule has 0 spiro atoms. The number of alkyl carbamates (subject to hydrolysis) is 1. The number of unbranched alkanes of at least 4 members (excludes halogenated alkanes) is 2. The normalized spacial score (nSPS) is 11.0. The van der Waals surface area contributed by atoms with E-state index in [9.17, 15) is 9.59 Å². The van der Waals surface area contributed by atoms with Crippen LogP contribution in [0.1, 0.15) is 56.1 Å². The molecule has 0 atom stereocenters. The van der Waals surface area contributed by atoms with E-state index in [2.05, 4.69) is 31.1 Å². The molecule has 3 N–H and O–H groups in total. The SMILES string of the molecule is Cc1ccc(C(=O)Nc2ccc(N(C)C)nn2)c(NCCCCCNC(=O)OC(C)(C)C)n1. The van der Waals surface area contributed by atoms with Crippen LogP contribution >= 0.6 is 0 Å². The fraction of sp³-hybridized carbons (Fsp3) is 0.522. The highest BCUT2D eigenvalue weighted by molar-refractivity contribution is 6.07. The van der Waals surface area contributed by atoms with Crippen LogP contribution in [0, 0.1) is 6.92 Å². The number of rotatable bonds is 10. The summed E-state index contributed by atoms with van der Waals surface area (Å²) in [7, 11) is 3.74. The molecule has 2 aromatic heterocycles. The Hall–Kier alpha value is -3.43. The maximum atomic E-state index is 12.8. The average molecular weight is 458 g/mol. The Morgan fingerprint density at radius 2 is 1.73 bits per heavy atom. The van der Waals surface area contributed by atoms with Crippen LogP contribution in [0.4, 0.5) is 22.2 Å². The summed E-state index contributed by atoms with van der Waals surface area (Å²) in [6, 6.07) is 7.03. The minimum atomic E-state index is -0.499. The molecule has 10 heteroatoms. The molecule has 0 radical (unpaired) electrons. The van der Waals surface area contributed by atoms with Crippen molar-refractivity contribution < 1.29 is 14.3 Å². The first-order chi connectivity index (χ1) is 15.5. The lowest BCUT2D eigenvalue weighted by Crippen LogP contribution is -2.33. The van der Waals surface area contributed by atoms with Gasteiger partial charge in [0.1, 0.15) is 11.4 Å². The maximum Gasteiger partial charge on any atom is 0.407 e. The van der Waals surface area contributed by atoms with Crippen LogP contribution in [0.25, 0.3) is 0 Å². The second kappa shape index (κ2) is 12.0. The van der Waals surface area contributed by atoms with Crippen LogP contribution in [0.15, 0.2) is 24.3 Å². The number of ether oxygens (including phenoxy) is 1. The first kappa shape index (κ1) is 25.8. The molecule has 0 bridgehead atoms. The van der Waals surface area contributed by atoms with Gasteiger partial charge in [-0.2, -0.15) is 0 Å². The Morgan fingerprint density at radius 1 is 1.00 bits per heavy atom. The van der Waals surface area contributed by atoms with Gasteiger partial charge in [-0.25, -0.2) is 9.78 Å². The van der Waals surface area contributed by atoms with E-state index in [0.29, 0.717) is 36.1 Å².